The van der Waals surface area contributed by atoms with Crippen LogP contribution in [0.25, 0.3) is 77.5 Å². The Labute approximate surface area is 447 Å². The van der Waals surface area contributed by atoms with Gasteiger partial charge < -0.3 is 4.90 Å². The highest BCUT2D eigenvalue weighted by Gasteiger charge is 2.46. The summed E-state index contributed by atoms with van der Waals surface area (Å²) in [7, 11) is 0. The molecule has 12 aromatic rings. The van der Waals surface area contributed by atoms with Gasteiger partial charge in [-0.25, -0.2) is 0 Å². The van der Waals surface area contributed by atoms with Gasteiger partial charge in [-0.1, -0.05) is 276 Å². The second-order valence-electron chi connectivity index (χ2n) is 21.2. The molecule has 1 aliphatic rings. The first-order valence-electron chi connectivity index (χ1n) is 26.6. The van der Waals surface area contributed by atoms with Gasteiger partial charge in [0.05, 0.1) is 16.8 Å². The van der Waals surface area contributed by atoms with E-state index in [0.717, 1.165) is 50.4 Å². The van der Waals surface area contributed by atoms with Crippen LogP contribution in [-0.2, 0) is 10.8 Å². The van der Waals surface area contributed by atoms with Crippen LogP contribution in [0.4, 0.5) is 17.1 Å². The van der Waals surface area contributed by atoms with Gasteiger partial charge in [0, 0.05) is 22.4 Å². The van der Waals surface area contributed by atoms with Crippen molar-refractivity contribution in [3.05, 3.63) is 319 Å². The Balaban J connectivity index is 1.16. The summed E-state index contributed by atoms with van der Waals surface area (Å²) in [5.41, 5.74) is 23.1. The number of hydrogen-bond donors (Lipinski definition) is 0. The van der Waals surface area contributed by atoms with Crippen LogP contribution >= 0.6 is 0 Å². The first-order valence-corrected chi connectivity index (χ1v) is 26.6. The lowest BCUT2D eigenvalue weighted by Gasteiger charge is -2.35. The fourth-order valence-corrected chi connectivity index (χ4v) is 12.1. The molecule has 1 heteroatoms. The molecule has 0 bridgehead atoms. The predicted molar refractivity (Wildman–Crippen MR) is 322 cm³/mol. The van der Waals surface area contributed by atoms with Crippen LogP contribution in [0.15, 0.2) is 291 Å². The minimum atomic E-state index is -0.543. The average molecular weight is 972 g/mol. The number of fused-ring (bicyclic) bond motifs is 4. The Kier molecular flexibility index (Phi) is 11.7. The molecule has 0 saturated heterocycles. The van der Waals surface area contributed by atoms with Gasteiger partial charge in [-0.2, -0.15) is 0 Å². The maximum Gasteiger partial charge on any atom is 0.0713 e. The summed E-state index contributed by atoms with van der Waals surface area (Å²) in [5.74, 6) is 0. The Morgan fingerprint density at radius 3 is 1.43 bits per heavy atom. The second kappa shape index (κ2) is 19.2. The molecule has 0 unspecified atom stereocenters. The lowest BCUT2D eigenvalue weighted by Crippen LogP contribution is -2.28. The molecule has 362 valence electrons. The minimum Gasteiger partial charge on any atom is -0.309 e. The summed E-state index contributed by atoms with van der Waals surface area (Å²) in [6.45, 7) is 6.85. The van der Waals surface area contributed by atoms with E-state index in [1.807, 2.05) is 0 Å². The summed E-state index contributed by atoms with van der Waals surface area (Å²) in [5, 5.41) is 2.37. The molecule has 0 aromatic heterocycles. The third kappa shape index (κ3) is 8.04. The van der Waals surface area contributed by atoms with Gasteiger partial charge in [-0.3, -0.25) is 0 Å². The normalized spacial score (nSPS) is 12.5. The molecule has 0 aliphatic heterocycles. The van der Waals surface area contributed by atoms with Crippen molar-refractivity contribution in [1.82, 2.24) is 0 Å². The fraction of sp³-hybridized carbons (Fsp3) is 0.0667. The highest BCUT2D eigenvalue weighted by molar-refractivity contribution is 6.09. The van der Waals surface area contributed by atoms with Gasteiger partial charge in [-0.05, 0) is 130 Å². The number of nitrogens with zero attached hydrogens (tertiary/aromatic N) is 1. The van der Waals surface area contributed by atoms with Gasteiger partial charge in [-0.15, -0.1) is 0 Å². The molecule has 0 amide bonds. The summed E-state index contributed by atoms with van der Waals surface area (Å²) < 4.78 is 0. The van der Waals surface area contributed by atoms with Crippen molar-refractivity contribution in [2.24, 2.45) is 0 Å². The van der Waals surface area contributed by atoms with Crippen LogP contribution < -0.4 is 4.90 Å². The van der Waals surface area contributed by atoms with Crippen LogP contribution in [0.2, 0.25) is 0 Å². The molecular weight excluding hydrogens is 915 g/mol. The molecule has 0 heterocycles. The fourth-order valence-electron chi connectivity index (χ4n) is 12.1. The Bertz CT molecular complexity index is 3940. The highest BCUT2D eigenvalue weighted by atomic mass is 15.2. The van der Waals surface area contributed by atoms with Crippen molar-refractivity contribution in [3.8, 4) is 66.8 Å². The van der Waals surface area contributed by atoms with E-state index in [2.05, 4.69) is 317 Å². The molecule has 0 N–H and O–H groups in total. The second-order valence-corrected chi connectivity index (χ2v) is 21.2. The highest BCUT2D eigenvalue weighted by Crippen LogP contribution is 2.59. The summed E-state index contributed by atoms with van der Waals surface area (Å²) in [6.07, 6.45) is 0. The Morgan fingerprint density at radius 1 is 0.316 bits per heavy atom. The topological polar surface area (TPSA) is 3.24 Å². The third-order valence-electron chi connectivity index (χ3n) is 15.7. The Hall–Kier alpha value is -9.30. The van der Waals surface area contributed by atoms with E-state index in [0.29, 0.717) is 0 Å². The number of anilines is 3. The predicted octanol–water partition coefficient (Wildman–Crippen LogP) is 20.3. The van der Waals surface area contributed by atoms with E-state index >= 15 is 0 Å². The Morgan fingerprint density at radius 2 is 0.816 bits per heavy atom. The lowest BCUT2D eigenvalue weighted by atomic mass is 9.68. The van der Waals surface area contributed by atoms with Gasteiger partial charge in [0.15, 0.2) is 0 Å². The zero-order valence-corrected chi connectivity index (χ0v) is 43.2. The average Bonchev–Trinajstić information content (AvgIpc) is 3.80. The van der Waals surface area contributed by atoms with Crippen molar-refractivity contribution in [1.29, 1.82) is 0 Å². The number of hydrogen-bond acceptors (Lipinski definition) is 1. The van der Waals surface area contributed by atoms with Crippen molar-refractivity contribution in [3.63, 3.8) is 0 Å². The summed E-state index contributed by atoms with van der Waals surface area (Å²) in [4.78, 5) is 2.60. The summed E-state index contributed by atoms with van der Waals surface area (Å²) in [6, 6.07) is 108. The lowest BCUT2D eigenvalue weighted by molar-refractivity contribution is 0.590. The van der Waals surface area contributed by atoms with Crippen molar-refractivity contribution >= 4 is 27.8 Å². The third-order valence-corrected chi connectivity index (χ3v) is 15.7. The van der Waals surface area contributed by atoms with Gasteiger partial charge in [0.25, 0.3) is 0 Å². The molecule has 13 rings (SSSR count). The van der Waals surface area contributed by atoms with Crippen molar-refractivity contribution in [2.45, 2.75) is 31.6 Å². The van der Waals surface area contributed by atoms with E-state index < -0.39 is 5.41 Å². The van der Waals surface area contributed by atoms with E-state index in [1.54, 1.807) is 0 Å². The first kappa shape index (κ1) is 46.5. The van der Waals surface area contributed by atoms with Crippen LogP contribution in [0, 0.1) is 0 Å². The van der Waals surface area contributed by atoms with E-state index in [9.17, 15) is 0 Å². The van der Waals surface area contributed by atoms with Crippen LogP contribution in [0.1, 0.15) is 48.6 Å². The molecule has 0 spiro atoms. The standard InChI is InChI=1S/C75H57N/c1-74(2,3)60-43-40-53(41-44-60)59-49-66(54-26-11-5-12-27-54)73(67(50-59)55-28-13-6-14-29-55)76(71-47-42-56-30-19-20-37-64(56)72(71)58-32-23-31-57(48-58)52-24-9-4-10-25-52)63-45-46-70-68(51-63)65-38-21-22-39-69(65)75(70,61-33-15-7-16-34-61)62-35-17-8-18-36-62/h4-51H,1-3H3. The molecule has 76 heavy (non-hydrogen) atoms. The molecule has 0 atom stereocenters. The molecule has 12 aromatic carbocycles. The van der Waals surface area contributed by atoms with Crippen molar-refractivity contribution < 1.29 is 0 Å². The van der Waals surface area contributed by atoms with E-state index in [1.165, 1.54) is 72.0 Å². The number of rotatable bonds is 10. The largest absolute Gasteiger partial charge is 0.309 e. The van der Waals surface area contributed by atoms with Crippen LogP contribution in [-0.4, -0.2) is 0 Å². The molecular formula is C75H57N. The summed E-state index contributed by atoms with van der Waals surface area (Å²) >= 11 is 0. The maximum absolute atomic E-state index is 2.60. The van der Waals surface area contributed by atoms with Crippen LogP contribution in [0.5, 0.6) is 0 Å². The number of benzene rings is 12. The quantitative estimate of drug-likeness (QED) is 0.132. The molecule has 0 fully saturated rings. The first-order chi connectivity index (χ1) is 37.3. The zero-order chi connectivity index (χ0) is 51.2. The maximum atomic E-state index is 2.60. The zero-order valence-electron chi connectivity index (χ0n) is 43.2. The monoisotopic (exact) mass is 971 g/mol. The minimum absolute atomic E-state index is 0.0314. The van der Waals surface area contributed by atoms with Gasteiger partial charge in [0.2, 0.25) is 0 Å². The molecule has 0 saturated carbocycles. The molecule has 1 aliphatic carbocycles. The SMILES string of the molecule is CC(C)(C)c1ccc(-c2cc(-c3ccccc3)c(N(c3ccc4c(c3)-c3ccccc3C4(c3ccccc3)c3ccccc3)c3ccc4ccccc4c3-c3cccc(-c4ccccc4)c3)c(-c3ccccc3)c2)cc1. The molecule has 1 nitrogen and oxygen atoms in total. The van der Waals surface area contributed by atoms with Crippen LogP contribution in [0.3, 0.4) is 0 Å². The molecule has 0 radical (unpaired) electrons. The van der Waals surface area contributed by atoms with Crippen molar-refractivity contribution in [2.75, 3.05) is 4.90 Å². The van der Waals surface area contributed by atoms with Gasteiger partial charge >= 0.3 is 0 Å². The van der Waals surface area contributed by atoms with Gasteiger partial charge in [0.1, 0.15) is 0 Å². The smallest absolute Gasteiger partial charge is 0.0713 e. The van der Waals surface area contributed by atoms with E-state index in [4.69, 9.17) is 0 Å². The van der Waals surface area contributed by atoms with E-state index in [-0.39, 0.29) is 5.41 Å².